The van der Waals surface area contributed by atoms with Crippen molar-refractivity contribution in [3.05, 3.63) is 23.3 Å². The first-order valence-corrected chi connectivity index (χ1v) is 5.72. The Hall–Kier alpha value is -1.22. The van der Waals surface area contributed by atoms with Gasteiger partial charge in [-0.15, -0.1) is 0 Å². The van der Waals surface area contributed by atoms with E-state index in [9.17, 15) is 0 Å². The molecule has 0 aliphatic heterocycles. The lowest BCUT2D eigenvalue weighted by molar-refractivity contribution is 0.381. The molecule has 3 nitrogen and oxygen atoms in total. The van der Waals surface area contributed by atoms with Gasteiger partial charge in [-0.25, -0.2) is 0 Å². The van der Waals surface area contributed by atoms with Crippen molar-refractivity contribution in [1.29, 1.82) is 0 Å². The van der Waals surface area contributed by atoms with E-state index in [1.165, 1.54) is 24.0 Å². The minimum Gasteiger partial charge on any atom is -0.497 e. The molecular formula is C13H19NO2. The van der Waals surface area contributed by atoms with Crippen LogP contribution in [0.1, 0.15) is 30.0 Å². The summed E-state index contributed by atoms with van der Waals surface area (Å²) in [6.07, 6.45) is 3.49. The Morgan fingerprint density at radius 3 is 2.69 bits per heavy atom. The molecule has 0 saturated carbocycles. The lowest BCUT2D eigenvalue weighted by Gasteiger charge is -2.27. The highest BCUT2D eigenvalue weighted by Gasteiger charge is 2.22. The molecule has 0 amide bonds. The number of methoxy groups -OCH3 is 2. The van der Waals surface area contributed by atoms with Crippen LogP contribution in [0.3, 0.4) is 0 Å². The van der Waals surface area contributed by atoms with Gasteiger partial charge in [0.25, 0.3) is 0 Å². The maximum Gasteiger partial charge on any atom is 0.126 e. The second kappa shape index (κ2) is 4.74. The molecule has 0 saturated heterocycles. The van der Waals surface area contributed by atoms with Crippen molar-refractivity contribution in [2.24, 2.45) is 0 Å². The molecular weight excluding hydrogens is 202 g/mol. The number of rotatable bonds is 3. The maximum atomic E-state index is 5.44. The summed E-state index contributed by atoms with van der Waals surface area (Å²) in [5.74, 6) is 1.83. The molecule has 3 heteroatoms. The minimum atomic E-state index is 0.424. The van der Waals surface area contributed by atoms with Gasteiger partial charge in [-0.1, -0.05) is 0 Å². The van der Waals surface area contributed by atoms with Crippen LogP contribution in [0.2, 0.25) is 0 Å². The van der Waals surface area contributed by atoms with Crippen LogP contribution in [0.15, 0.2) is 12.1 Å². The fourth-order valence-corrected chi connectivity index (χ4v) is 2.46. The monoisotopic (exact) mass is 221 g/mol. The van der Waals surface area contributed by atoms with Crippen LogP contribution in [0, 0.1) is 0 Å². The van der Waals surface area contributed by atoms with Crippen LogP contribution in [0.5, 0.6) is 11.5 Å². The molecule has 1 aromatic rings. The average Bonchev–Trinajstić information content (AvgIpc) is 2.36. The van der Waals surface area contributed by atoms with Crippen LogP contribution in [0.25, 0.3) is 0 Å². The van der Waals surface area contributed by atoms with Crippen LogP contribution in [0.4, 0.5) is 0 Å². The van der Waals surface area contributed by atoms with Crippen molar-refractivity contribution in [1.82, 2.24) is 5.32 Å². The first kappa shape index (κ1) is 11.3. The summed E-state index contributed by atoms with van der Waals surface area (Å²) in [5, 5.41) is 3.35. The molecule has 2 rings (SSSR count). The first-order chi connectivity index (χ1) is 7.80. The lowest BCUT2D eigenvalue weighted by Crippen LogP contribution is -2.22. The van der Waals surface area contributed by atoms with Gasteiger partial charge in [0.05, 0.1) is 14.2 Å². The second-order valence-electron chi connectivity index (χ2n) is 4.13. The molecule has 1 unspecified atom stereocenters. The predicted molar refractivity (Wildman–Crippen MR) is 64.3 cm³/mol. The van der Waals surface area contributed by atoms with E-state index in [-0.39, 0.29) is 0 Å². The van der Waals surface area contributed by atoms with Gasteiger partial charge < -0.3 is 14.8 Å². The number of benzene rings is 1. The Morgan fingerprint density at radius 2 is 2.06 bits per heavy atom. The van der Waals surface area contributed by atoms with Gasteiger partial charge in [-0.05, 0) is 43.5 Å². The Kier molecular flexibility index (Phi) is 3.34. The van der Waals surface area contributed by atoms with Gasteiger partial charge in [-0.3, -0.25) is 0 Å². The predicted octanol–water partition coefficient (Wildman–Crippen LogP) is 2.30. The van der Waals surface area contributed by atoms with Crippen molar-refractivity contribution in [3.8, 4) is 11.5 Å². The Bertz CT molecular complexity index is 376. The maximum absolute atomic E-state index is 5.44. The van der Waals surface area contributed by atoms with Gasteiger partial charge in [0.1, 0.15) is 11.5 Å². The summed E-state index contributed by atoms with van der Waals surface area (Å²) in [6, 6.07) is 4.52. The molecule has 1 aliphatic rings. The summed E-state index contributed by atoms with van der Waals surface area (Å²) >= 11 is 0. The fourth-order valence-electron chi connectivity index (χ4n) is 2.46. The summed E-state index contributed by atoms with van der Waals surface area (Å²) < 4.78 is 10.7. The van der Waals surface area contributed by atoms with E-state index < -0.39 is 0 Å². The van der Waals surface area contributed by atoms with Gasteiger partial charge in [0.2, 0.25) is 0 Å². The van der Waals surface area contributed by atoms with Gasteiger partial charge in [0, 0.05) is 12.1 Å². The number of nitrogens with one attached hydrogen (secondary N) is 1. The molecule has 16 heavy (non-hydrogen) atoms. The summed E-state index contributed by atoms with van der Waals surface area (Å²) in [4.78, 5) is 0. The van der Waals surface area contributed by atoms with Crippen molar-refractivity contribution in [2.45, 2.75) is 25.3 Å². The highest BCUT2D eigenvalue weighted by atomic mass is 16.5. The fraction of sp³-hybridized carbons (Fsp3) is 0.538. The second-order valence-corrected chi connectivity index (χ2v) is 4.13. The van der Waals surface area contributed by atoms with Crippen LogP contribution >= 0.6 is 0 Å². The van der Waals surface area contributed by atoms with Crippen molar-refractivity contribution >= 4 is 0 Å². The molecule has 0 fully saturated rings. The smallest absolute Gasteiger partial charge is 0.126 e. The quantitative estimate of drug-likeness (QED) is 0.849. The molecule has 88 valence electrons. The zero-order chi connectivity index (χ0) is 11.5. The molecule has 1 aromatic carbocycles. The van der Waals surface area contributed by atoms with Gasteiger partial charge in [-0.2, -0.15) is 0 Å². The third kappa shape index (κ3) is 1.87. The molecule has 0 bridgehead atoms. The normalized spacial score (nSPS) is 19.1. The summed E-state index contributed by atoms with van der Waals surface area (Å²) in [5.41, 5.74) is 2.65. The molecule has 1 atom stereocenters. The van der Waals surface area contributed by atoms with Gasteiger partial charge in [0.15, 0.2) is 0 Å². The van der Waals surface area contributed by atoms with E-state index in [1.807, 2.05) is 13.1 Å². The topological polar surface area (TPSA) is 30.5 Å². The number of ether oxygens (including phenoxy) is 2. The molecule has 1 N–H and O–H groups in total. The number of fused-ring (bicyclic) bond motifs is 1. The standard InChI is InChI=1S/C13H19NO2/c1-14-12-6-4-5-10-11(12)7-9(15-2)8-13(10)16-3/h7-8,12,14H,4-6H2,1-3H3. The molecule has 0 heterocycles. The first-order valence-electron chi connectivity index (χ1n) is 5.72. The van der Waals surface area contributed by atoms with Crippen LogP contribution < -0.4 is 14.8 Å². The summed E-state index contributed by atoms with van der Waals surface area (Å²) in [7, 11) is 5.42. The lowest BCUT2D eigenvalue weighted by atomic mass is 9.87. The molecule has 0 radical (unpaired) electrons. The largest absolute Gasteiger partial charge is 0.497 e. The summed E-state index contributed by atoms with van der Waals surface area (Å²) in [6.45, 7) is 0. The minimum absolute atomic E-state index is 0.424. The molecule has 0 spiro atoms. The van der Waals surface area contributed by atoms with Crippen LogP contribution in [-0.4, -0.2) is 21.3 Å². The van der Waals surface area contributed by atoms with Crippen molar-refractivity contribution in [3.63, 3.8) is 0 Å². The van der Waals surface area contributed by atoms with E-state index in [1.54, 1.807) is 14.2 Å². The third-order valence-corrected chi connectivity index (χ3v) is 3.32. The highest BCUT2D eigenvalue weighted by Crippen LogP contribution is 2.38. The average molecular weight is 221 g/mol. The Balaban J connectivity index is 2.50. The Labute approximate surface area is 96.8 Å². The van der Waals surface area contributed by atoms with Crippen molar-refractivity contribution < 1.29 is 9.47 Å². The SMILES string of the molecule is CNC1CCCc2c(OC)cc(OC)cc21. The van der Waals surface area contributed by atoms with E-state index in [0.29, 0.717) is 6.04 Å². The third-order valence-electron chi connectivity index (χ3n) is 3.32. The number of hydrogen-bond acceptors (Lipinski definition) is 3. The van der Waals surface area contributed by atoms with Gasteiger partial charge >= 0.3 is 0 Å². The van der Waals surface area contributed by atoms with Crippen molar-refractivity contribution in [2.75, 3.05) is 21.3 Å². The Morgan fingerprint density at radius 1 is 1.25 bits per heavy atom. The van der Waals surface area contributed by atoms with E-state index >= 15 is 0 Å². The number of hydrogen-bond donors (Lipinski definition) is 1. The zero-order valence-corrected chi connectivity index (χ0v) is 10.2. The van der Waals surface area contributed by atoms with Crippen LogP contribution in [-0.2, 0) is 6.42 Å². The van der Waals surface area contributed by atoms with E-state index in [4.69, 9.17) is 9.47 Å². The molecule has 1 aliphatic carbocycles. The highest BCUT2D eigenvalue weighted by molar-refractivity contribution is 5.49. The van der Waals surface area contributed by atoms with E-state index in [0.717, 1.165) is 17.9 Å². The van der Waals surface area contributed by atoms with E-state index in [2.05, 4.69) is 11.4 Å². The molecule has 0 aromatic heterocycles. The zero-order valence-electron chi connectivity index (χ0n) is 10.2.